The Labute approximate surface area is 182 Å². The van der Waals surface area contributed by atoms with E-state index in [1.807, 2.05) is 17.4 Å². The van der Waals surface area contributed by atoms with Crippen LogP contribution < -0.4 is 5.32 Å². The van der Waals surface area contributed by atoms with E-state index in [2.05, 4.69) is 51.0 Å². The maximum absolute atomic E-state index is 12.5. The van der Waals surface area contributed by atoms with E-state index < -0.39 is 0 Å². The van der Waals surface area contributed by atoms with E-state index in [0.717, 1.165) is 32.1 Å². The molecule has 1 amide bonds. The molecule has 31 heavy (non-hydrogen) atoms. The molecule has 8 nitrogen and oxygen atoms in total. The average molecular weight is 421 g/mol. The number of nitrogens with one attached hydrogen (secondary N) is 1. The standard InChI is InChI=1S/C23H28N6O2/c1-2-25-23(29-12-10-28(11-13-29)22(30)21-7-4-14-31-21)26-16-19-5-3-6-20(15-19)17-27-9-8-24-18-27/h3-9,14-15,18H,2,10-13,16-17H2,1H3,(H,25,26). The highest BCUT2D eigenvalue weighted by Crippen LogP contribution is 2.11. The highest BCUT2D eigenvalue weighted by atomic mass is 16.3. The summed E-state index contributed by atoms with van der Waals surface area (Å²) >= 11 is 0. The van der Waals surface area contributed by atoms with Gasteiger partial charge in [0.2, 0.25) is 0 Å². The van der Waals surface area contributed by atoms with Gasteiger partial charge < -0.3 is 24.1 Å². The Morgan fingerprint density at radius 3 is 2.65 bits per heavy atom. The maximum Gasteiger partial charge on any atom is 0.289 e. The maximum atomic E-state index is 12.5. The number of aliphatic imine (C=N–C) groups is 1. The van der Waals surface area contributed by atoms with Crippen LogP contribution in [-0.4, -0.2) is 63.9 Å². The number of guanidine groups is 1. The zero-order valence-corrected chi connectivity index (χ0v) is 17.8. The van der Waals surface area contributed by atoms with Crippen LogP contribution in [0.2, 0.25) is 0 Å². The molecule has 0 atom stereocenters. The molecule has 0 unspecified atom stereocenters. The predicted molar refractivity (Wildman–Crippen MR) is 119 cm³/mol. The van der Waals surface area contributed by atoms with Gasteiger partial charge in [-0.05, 0) is 30.2 Å². The monoisotopic (exact) mass is 420 g/mol. The minimum atomic E-state index is -0.0544. The second-order valence-corrected chi connectivity index (χ2v) is 7.48. The van der Waals surface area contributed by atoms with Crippen LogP contribution in [0.1, 0.15) is 28.6 Å². The van der Waals surface area contributed by atoms with Crippen molar-refractivity contribution in [3.05, 3.63) is 78.3 Å². The molecule has 0 spiro atoms. The van der Waals surface area contributed by atoms with Gasteiger partial charge >= 0.3 is 0 Å². The fourth-order valence-electron chi connectivity index (χ4n) is 3.69. The van der Waals surface area contributed by atoms with Crippen molar-refractivity contribution in [3.8, 4) is 0 Å². The fourth-order valence-corrected chi connectivity index (χ4v) is 3.69. The quantitative estimate of drug-likeness (QED) is 0.490. The lowest BCUT2D eigenvalue weighted by Gasteiger charge is -2.36. The Kier molecular flexibility index (Phi) is 6.66. The zero-order chi connectivity index (χ0) is 21.5. The molecule has 1 saturated heterocycles. The first-order valence-corrected chi connectivity index (χ1v) is 10.6. The third kappa shape index (κ3) is 5.33. The van der Waals surface area contributed by atoms with Crippen molar-refractivity contribution in [2.24, 2.45) is 4.99 Å². The van der Waals surface area contributed by atoms with Crippen LogP contribution in [0.15, 0.2) is 70.8 Å². The molecule has 162 valence electrons. The molecule has 1 aliphatic rings. The smallest absolute Gasteiger partial charge is 0.289 e. The lowest BCUT2D eigenvalue weighted by molar-refractivity contribution is 0.0657. The van der Waals surface area contributed by atoms with Gasteiger partial charge in [0.15, 0.2) is 11.7 Å². The summed E-state index contributed by atoms with van der Waals surface area (Å²) in [4.78, 5) is 25.5. The summed E-state index contributed by atoms with van der Waals surface area (Å²) < 4.78 is 7.30. The van der Waals surface area contributed by atoms with Crippen molar-refractivity contribution in [1.29, 1.82) is 0 Å². The van der Waals surface area contributed by atoms with E-state index in [-0.39, 0.29) is 5.91 Å². The molecular weight excluding hydrogens is 392 g/mol. The minimum Gasteiger partial charge on any atom is -0.459 e. The topological polar surface area (TPSA) is 78.9 Å². The van der Waals surface area contributed by atoms with Gasteiger partial charge in [-0.1, -0.05) is 24.3 Å². The van der Waals surface area contributed by atoms with E-state index in [0.29, 0.717) is 25.4 Å². The third-order valence-corrected chi connectivity index (χ3v) is 5.26. The molecule has 2 aromatic heterocycles. The lowest BCUT2D eigenvalue weighted by Crippen LogP contribution is -2.53. The molecule has 3 heterocycles. The first kappa shape index (κ1) is 20.7. The Balaban J connectivity index is 1.37. The molecule has 1 aromatic carbocycles. The van der Waals surface area contributed by atoms with Crippen molar-refractivity contribution in [2.75, 3.05) is 32.7 Å². The van der Waals surface area contributed by atoms with Gasteiger partial charge in [-0.25, -0.2) is 9.98 Å². The van der Waals surface area contributed by atoms with Crippen LogP contribution >= 0.6 is 0 Å². The van der Waals surface area contributed by atoms with Crippen LogP contribution in [0.4, 0.5) is 0 Å². The Morgan fingerprint density at radius 1 is 1.13 bits per heavy atom. The zero-order valence-electron chi connectivity index (χ0n) is 17.8. The fraction of sp³-hybridized carbons (Fsp3) is 0.348. The normalized spacial score (nSPS) is 14.7. The number of furan rings is 1. The number of rotatable bonds is 6. The second kappa shape index (κ2) is 9.97. The highest BCUT2D eigenvalue weighted by molar-refractivity contribution is 5.91. The molecular formula is C23H28N6O2. The number of carbonyl (C=O) groups is 1. The summed E-state index contributed by atoms with van der Waals surface area (Å²) in [5.41, 5.74) is 2.39. The number of benzene rings is 1. The minimum absolute atomic E-state index is 0.0544. The van der Waals surface area contributed by atoms with Gasteiger partial charge in [-0.2, -0.15) is 0 Å². The first-order chi connectivity index (χ1) is 15.2. The van der Waals surface area contributed by atoms with Crippen molar-refractivity contribution in [3.63, 3.8) is 0 Å². The van der Waals surface area contributed by atoms with E-state index in [4.69, 9.17) is 9.41 Å². The summed E-state index contributed by atoms with van der Waals surface area (Å²) in [6, 6.07) is 11.9. The molecule has 1 N–H and O–H groups in total. The average Bonchev–Trinajstić information content (AvgIpc) is 3.51. The number of hydrogen-bond donors (Lipinski definition) is 1. The van der Waals surface area contributed by atoms with Crippen molar-refractivity contribution in [1.82, 2.24) is 24.7 Å². The number of hydrogen-bond acceptors (Lipinski definition) is 4. The summed E-state index contributed by atoms with van der Waals surface area (Å²) in [6.45, 7) is 7.02. The van der Waals surface area contributed by atoms with Crippen molar-refractivity contribution < 1.29 is 9.21 Å². The molecule has 1 fully saturated rings. The summed E-state index contributed by atoms with van der Waals surface area (Å²) in [5.74, 6) is 1.22. The van der Waals surface area contributed by atoms with Crippen LogP contribution in [0.25, 0.3) is 0 Å². The lowest BCUT2D eigenvalue weighted by atomic mass is 10.1. The Morgan fingerprint density at radius 2 is 1.94 bits per heavy atom. The summed E-state index contributed by atoms with van der Waals surface area (Å²) in [5, 5.41) is 3.39. The van der Waals surface area contributed by atoms with Crippen LogP contribution in [0.5, 0.6) is 0 Å². The van der Waals surface area contributed by atoms with Gasteiger partial charge in [-0.15, -0.1) is 0 Å². The number of imidazole rings is 1. The highest BCUT2D eigenvalue weighted by Gasteiger charge is 2.25. The van der Waals surface area contributed by atoms with Gasteiger partial charge in [-0.3, -0.25) is 4.79 Å². The van der Waals surface area contributed by atoms with Gasteiger partial charge in [0.25, 0.3) is 5.91 Å². The van der Waals surface area contributed by atoms with Gasteiger partial charge in [0.1, 0.15) is 0 Å². The SMILES string of the molecule is CCNC(=NCc1cccc(Cn2ccnc2)c1)N1CCN(C(=O)c2ccco2)CC1. The van der Waals surface area contributed by atoms with E-state index in [9.17, 15) is 4.79 Å². The molecule has 0 radical (unpaired) electrons. The third-order valence-electron chi connectivity index (χ3n) is 5.26. The van der Waals surface area contributed by atoms with Crippen molar-refractivity contribution in [2.45, 2.75) is 20.0 Å². The number of amides is 1. The predicted octanol–water partition coefficient (Wildman–Crippen LogP) is 2.45. The number of aromatic nitrogens is 2. The Bertz CT molecular complexity index is 989. The number of nitrogens with zero attached hydrogens (tertiary/aromatic N) is 5. The molecule has 8 heteroatoms. The van der Waals surface area contributed by atoms with Crippen LogP contribution in [0.3, 0.4) is 0 Å². The number of piperazine rings is 1. The molecule has 0 aliphatic carbocycles. The molecule has 3 aromatic rings. The Hall–Kier alpha value is -3.55. The summed E-state index contributed by atoms with van der Waals surface area (Å²) in [7, 11) is 0. The van der Waals surface area contributed by atoms with Gasteiger partial charge in [0.05, 0.1) is 19.1 Å². The van der Waals surface area contributed by atoms with E-state index in [1.54, 1.807) is 18.3 Å². The molecule has 0 bridgehead atoms. The van der Waals surface area contributed by atoms with E-state index >= 15 is 0 Å². The summed E-state index contributed by atoms with van der Waals surface area (Å²) in [6.07, 6.45) is 7.11. The van der Waals surface area contributed by atoms with Crippen molar-refractivity contribution >= 4 is 11.9 Å². The first-order valence-electron chi connectivity index (χ1n) is 10.6. The van der Waals surface area contributed by atoms with Gasteiger partial charge in [0, 0.05) is 51.7 Å². The second-order valence-electron chi connectivity index (χ2n) is 7.48. The van der Waals surface area contributed by atoms with Crippen LogP contribution in [-0.2, 0) is 13.1 Å². The molecule has 1 aliphatic heterocycles. The van der Waals surface area contributed by atoms with Crippen LogP contribution in [0, 0.1) is 0 Å². The molecule has 4 rings (SSSR count). The number of carbonyl (C=O) groups excluding carboxylic acids is 1. The van der Waals surface area contributed by atoms with E-state index in [1.165, 1.54) is 17.4 Å². The largest absolute Gasteiger partial charge is 0.459 e. The molecule has 0 saturated carbocycles.